The molecule has 1 aromatic heterocycles. The van der Waals surface area contributed by atoms with Gasteiger partial charge in [0.15, 0.2) is 12.6 Å². The largest absolute Gasteiger partial charge is 0.394 e. The molecule has 278 valence electrons. The number of rotatable bonds is 9. The Balaban J connectivity index is 1.15. The monoisotopic (exact) mass is 715 g/mol. The first-order chi connectivity index (χ1) is 24.4. The molecule has 1 amide bonds. The summed E-state index contributed by atoms with van der Waals surface area (Å²) in [5.74, 6) is -0.513. The van der Waals surface area contributed by atoms with Crippen LogP contribution in [-0.2, 0) is 18.9 Å². The van der Waals surface area contributed by atoms with Gasteiger partial charge in [-0.25, -0.2) is 4.98 Å². The highest BCUT2D eigenvalue weighted by molar-refractivity contribution is 6.07. The normalized spacial score (nSPS) is 38.7. The van der Waals surface area contributed by atoms with Crippen molar-refractivity contribution in [1.82, 2.24) is 10.3 Å². The van der Waals surface area contributed by atoms with Gasteiger partial charge in [0.2, 0.25) is 0 Å². The molecule has 51 heavy (non-hydrogen) atoms. The summed E-state index contributed by atoms with van der Waals surface area (Å²) in [5, 5.41) is 77.3. The van der Waals surface area contributed by atoms with Gasteiger partial charge in [0.25, 0.3) is 5.91 Å². The summed E-state index contributed by atoms with van der Waals surface area (Å²) < 4.78 is 23.1. The minimum Gasteiger partial charge on any atom is -0.394 e. The third-order valence-electron chi connectivity index (χ3n) is 9.74. The zero-order valence-electron chi connectivity index (χ0n) is 27.4. The Hall–Kier alpha value is -3.24. The minimum atomic E-state index is -1.80. The van der Waals surface area contributed by atoms with E-state index in [1.54, 1.807) is 24.3 Å². The maximum absolute atomic E-state index is 13.6. The Morgan fingerprint density at radius 2 is 1.37 bits per heavy atom. The third kappa shape index (κ3) is 7.64. The molecule has 0 spiro atoms. The summed E-state index contributed by atoms with van der Waals surface area (Å²) >= 11 is 0. The van der Waals surface area contributed by atoms with Crippen molar-refractivity contribution >= 4 is 16.8 Å². The van der Waals surface area contributed by atoms with Crippen molar-refractivity contribution in [1.29, 1.82) is 0 Å². The van der Waals surface area contributed by atoms with Gasteiger partial charge in [-0.1, -0.05) is 48.5 Å². The molecule has 1 aliphatic carbocycles. The maximum atomic E-state index is 13.6. The predicted molar refractivity (Wildman–Crippen MR) is 178 cm³/mol. The van der Waals surface area contributed by atoms with E-state index in [1.165, 1.54) is 0 Å². The van der Waals surface area contributed by atoms with Crippen molar-refractivity contribution in [2.45, 2.75) is 98.2 Å². The van der Waals surface area contributed by atoms with E-state index in [0.717, 1.165) is 5.56 Å². The number of carbonyl (C=O) groups is 1. The van der Waals surface area contributed by atoms with Crippen molar-refractivity contribution in [3.8, 4) is 11.3 Å². The molecule has 14 N–H and O–H groups in total. The molecule has 7 unspecified atom stereocenters. The van der Waals surface area contributed by atoms with E-state index < -0.39 is 104 Å². The summed E-state index contributed by atoms with van der Waals surface area (Å²) in [7, 11) is 0. The second-order valence-corrected chi connectivity index (χ2v) is 13.2. The quantitative estimate of drug-likeness (QED) is 0.102. The van der Waals surface area contributed by atoms with E-state index in [0.29, 0.717) is 22.2 Å². The van der Waals surface area contributed by atoms with E-state index >= 15 is 0 Å². The molecule has 3 fully saturated rings. The van der Waals surface area contributed by atoms with Gasteiger partial charge >= 0.3 is 0 Å². The Kier molecular flexibility index (Phi) is 11.6. The number of nitrogens with one attached hydrogen (secondary N) is 1. The molecule has 3 aromatic rings. The number of hydrogen-bond acceptors (Lipinski definition) is 16. The van der Waals surface area contributed by atoms with Crippen LogP contribution in [0.5, 0.6) is 0 Å². The first kappa shape index (κ1) is 37.5. The number of para-hydroxylation sites is 1. The van der Waals surface area contributed by atoms with E-state index in [-0.39, 0.29) is 13.0 Å². The number of ether oxygens (including phenoxy) is 4. The van der Waals surface area contributed by atoms with Crippen LogP contribution in [0.3, 0.4) is 0 Å². The molecule has 17 heteroatoms. The van der Waals surface area contributed by atoms with E-state index in [1.807, 2.05) is 36.4 Å². The second-order valence-electron chi connectivity index (χ2n) is 13.2. The van der Waals surface area contributed by atoms with Gasteiger partial charge in [0, 0.05) is 29.6 Å². The molecular weight excluding hydrogens is 670 g/mol. The van der Waals surface area contributed by atoms with Crippen LogP contribution in [0.4, 0.5) is 0 Å². The molecular formula is C34H45N5O12. The summed E-state index contributed by atoms with van der Waals surface area (Å²) in [6.07, 6.45) is -17.9. The van der Waals surface area contributed by atoms with Crippen LogP contribution >= 0.6 is 0 Å². The summed E-state index contributed by atoms with van der Waals surface area (Å²) in [5.41, 5.74) is 20.7. The summed E-state index contributed by atoms with van der Waals surface area (Å²) in [4.78, 5) is 18.3. The zero-order valence-corrected chi connectivity index (χ0v) is 27.4. The lowest BCUT2D eigenvalue weighted by molar-refractivity contribution is -0.332. The summed E-state index contributed by atoms with van der Waals surface area (Å²) in [6, 6.07) is 15.0. The lowest BCUT2D eigenvalue weighted by Crippen LogP contribution is -2.68. The smallest absolute Gasteiger partial charge is 0.252 e. The highest BCUT2D eigenvalue weighted by Crippen LogP contribution is 2.32. The molecule has 17 nitrogen and oxygen atoms in total. The van der Waals surface area contributed by atoms with Crippen LogP contribution in [0.2, 0.25) is 0 Å². The highest BCUT2D eigenvalue weighted by Gasteiger charge is 2.51. The van der Waals surface area contributed by atoms with Gasteiger partial charge in [0.05, 0.1) is 29.4 Å². The van der Waals surface area contributed by atoms with Gasteiger partial charge in [-0.3, -0.25) is 4.79 Å². The highest BCUT2D eigenvalue weighted by atomic mass is 16.7. The van der Waals surface area contributed by atoms with Crippen LogP contribution < -0.4 is 22.5 Å². The zero-order chi connectivity index (χ0) is 36.6. The SMILES string of the molecule is NC1CC(N)[C@@H](OC2O[C@H](CO)C(O)[C@@H](N)[C@H]2O)[C@@H](O)C1O[C@H]1OC(CNC(=O)c2cc(-c3ccccc3)nc3ccccc23)[C@@H](O)[C@H](O)C1O. The molecule has 2 aromatic carbocycles. The maximum Gasteiger partial charge on any atom is 0.252 e. The topological polar surface area (TPSA) is 299 Å². The van der Waals surface area contributed by atoms with Crippen molar-refractivity contribution in [2.75, 3.05) is 13.2 Å². The predicted octanol–water partition coefficient (Wildman–Crippen LogP) is -3.60. The fourth-order valence-electron chi connectivity index (χ4n) is 6.78. The van der Waals surface area contributed by atoms with E-state index in [9.17, 15) is 40.5 Å². The number of carbonyl (C=O) groups excluding carboxylic acids is 1. The van der Waals surface area contributed by atoms with Gasteiger partial charge in [-0.15, -0.1) is 0 Å². The van der Waals surface area contributed by atoms with Gasteiger partial charge < -0.3 is 77.2 Å². The average molecular weight is 716 g/mol. The standard InChI is InChI=1S/C34H45N5O12/c35-17-11-18(36)31(29(46)30(17)50-33-26(43)23(37)24(41)22(13-40)49-33)51-34-28(45)27(44)25(42)21(48-34)12-38-32(47)16-10-20(14-6-2-1-3-7-14)39-19-9-5-4-8-15(16)19/h1-10,17-18,21-31,33-34,40-46H,11-13,35-37H2,(H,38,47)/t17?,18?,21?,22-,23-,24?,25-,26-,27+,28?,29-,30-,31?,33?,34-/m1/s1. The molecule has 15 atom stereocenters. The third-order valence-corrected chi connectivity index (χ3v) is 9.74. The average Bonchev–Trinajstić information content (AvgIpc) is 3.14. The molecule has 2 saturated heterocycles. The van der Waals surface area contributed by atoms with E-state index in [4.69, 9.17) is 41.1 Å². The Bertz CT molecular complexity index is 1640. The van der Waals surface area contributed by atoms with Crippen LogP contribution in [0.25, 0.3) is 22.2 Å². The molecule has 3 aliphatic rings. The Labute approximate surface area is 292 Å². The molecule has 3 heterocycles. The molecule has 6 rings (SSSR count). The fourth-order valence-corrected chi connectivity index (χ4v) is 6.78. The Morgan fingerprint density at radius 1 is 0.765 bits per heavy atom. The number of aromatic nitrogens is 1. The minimum absolute atomic E-state index is 0.0195. The lowest BCUT2D eigenvalue weighted by Gasteiger charge is -2.48. The molecule has 0 radical (unpaired) electrons. The number of nitrogens with zero attached hydrogens (tertiary/aromatic N) is 1. The van der Waals surface area contributed by atoms with E-state index in [2.05, 4.69) is 5.32 Å². The number of amides is 1. The van der Waals surface area contributed by atoms with Gasteiger partial charge in [-0.2, -0.15) is 0 Å². The second kappa shape index (κ2) is 15.8. The molecule has 0 bridgehead atoms. The van der Waals surface area contributed by atoms with Crippen LogP contribution in [-0.4, -0.2) is 152 Å². The first-order valence-electron chi connectivity index (χ1n) is 16.7. The Morgan fingerprint density at radius 3 is 2.04 bits per heavy atom. The number of pyridine rings is 1. The lowest BCUT2D eigenvalue weighted by atomic mass is 9.84. The van der Waals surface area contributed by atoms with Crippen molar-refractivity contribution in [3.05, 3.63) is 66.2 Å². The van der Waals surface area contributed by atoms with Crippen molar-refractivity contribution in [3.63, 3.8) is 0 Å². The van der Waals surface area contributed by atoms with Crippen LogP contribution in [0.15, 0.2) is 60.7 Å². The summed E-state index contributed by atoms with van der Waals surface area (Å²) in [6.45, 7) is -0.941. The van der Waals surface area contributed by atoms with Crippen molar-refractivity contribution < 1.29 is 59.5 Å². The number of aliphatic hydroxyl groups excluding tert-OH is 7. The number of nitrogens with two attached hydrogens (primary N) is 3. The van der Waals surface area contributed by atoms with Crippen LogP contribution in [0, 0.1) is 0 Å². The van der Waals surface area contributed by atoms with Gasteiger partial charge in [0.1, 0.15) is 61.0 Å². The van der Waals surface area contributed by atoms with Crippen molar-refractivity contribution in [2.24, 2.45) is 17.2 Å². The molecule has 2 aliphatic heterocycles. The first-order valence-corrected chi connectivity index (χ1v) is 16.7. The number of benzene rings is 2. The van der Waals surface area contributed by atoms with Gasteiger partial charge in [-0.05, 0) is 18.6 Å². The number of fused-ring (bicyclic) bond motifs is 1. The van der Waals surface area contributed by atoms with Crippen LogP contribution in [0.1, 0.15) is 16.8 Å². The fraction of sp³-hybridized carbons (Fsp3) is 0.529. The molecule has 1 saturated carbocycles. The number of aliphatic hydroxyl groups is 7. The number of hydrogen-bond donors (Lipinski definition) is 11.